The summed E-state index contributed by atoms with van der Waals surface area (Å²) in [6.45, 7) is 1.72. The van der Waals surface area contributed by atoms with E-state index < -0.39 is 0 Å². The molecular weight excluding hydrogens is 474 g/mol. The van der Waals surface area contributed by atoms with Gasteiger partial charge in [0.25, 0.3) is 5.91 Å². The summed E-state index contributed by atoms with van der Waals surface area (Å²) >= 11 is 3.42. The quantitative estimate of drug-likeness (QED) is 0.481. The van der Waals surface area contributed by atoms with Gasteiger partial charge in [0.15, 0.2) is 6.61 Å². The van der Waals surface area contributed by atoms with Crippen molar-refractivity contribution in [2.75, 3.05) is 19.8 Å². The summed E-state index contributed by atoms with van der Waals surface area (Å²) in [5.41, 5.74) is 2.78. The van der Waals surface area contributed by atoms with Gasteiger partial charge in [0.2, 0.25) is 0 Å². The molecule has 8 heteroatoms. The molecule has 32 heavy (non-hydrogen) atoms. The summed E-state index contributed by atoms with van der Waals surface area (Å²) in [4.78, 5) is 19.2. The SMILES string of the molecule is O=C(COc1ccc(-c2ccn(OCc3ccc(Br)cc3)n2)cc1)NCC1CCCCO1. The van der Waals surface area contributed by atoms with Gasteiger partial charge in [-0.3, -0.25) is 4.79 Å². The van der Waals surface area contributed by atoms with Crippen molar-refractivity contribution in [3.63, 3.8) is 0 Å². The third kappa shape index (κ3) is 6.58. The fourth-order valence-corrected chi connectivity index (χ4v) is 3.64. The normalized spacial score (nSPS) is 15.8. The van der Waals surface area contributed by atoms with Crippen LogP contribution in [0.15, 0.2) is 65.3 Å². The van der Waals surface area contributed by atoms with E-state index in [2.05, 4.69) is 26.3 Å². The Kier molecular flexibility index (Phi) is 7.79. The van der Waals surface area contributed by atoms with Gasteiger partial charge in [-0.05, 0) is 67.3 Å². The van der Waals surface area contributed by atoms with Crippen LogP contribution in [0.1, 0.15) is 24.8 Å². The number of nitrogens with zero attached hydrogens (tertiary/aromatic N) is 2. The predicted octanol–water partition coefficient (Wildman–Crippen LogP) is 4.01. The lowest BCUT2D eigenvalue weighted by atomic mass is 10.1. The summed E-state index contributed by atoms with van der Waals surface area (Å²) in [7, 11) is 0. The first-order valence-corrected chi connectivity index (χ1v) is 11.5. The molecule has 2 aromatic carbocycles. The fourth-order valence-electron chi connectivity index (χ4n) is 3.37. The number of carbonyl (C=O) groups is 1. The first kappa shape index (κ1) is 22.4. The zero-order valence-electron chi connectivity index (χ0n) is 17.7. The summed E-state index contributed by atoms with van der Waals surface area (Å²) in [6, 6.07) is 17.3. The van der Waals surface area contributed by atoms with Crippen LogP contribution in [-0.4, -0.2) is 41.7 Å². The second kappa shape index (κ2) is 11.2. The molecule has 1 saturated heterocycles. The number of carbonyl (C=O) groups excluding carboxylic acids is 1. The average molecular weight is 500 g/mol. The Labute approximate surface area is 195 Å². The van der Waals surface area contributed by atoms with Gasteiger partial charge < -0.3 is 19.6 Å². The second-order valence-electron chi connectivity index (χ2n) is 7.61. The number of benzene rings is 2. The van der Waals surface area contributed by atoms with E-state index in [0.717, 1.165) is 47.2 Å². The molecule has 7 nitrogen and oxygen atoms in total. The molecule has 2 heterocycles. The maximum Gasteiger partial charge on any atom is 0.258 e. The van der Waals surface area contributed by atoms with Crippen molar-refractivity contribution < 1.29 is 19.1 Å². The lowest BCUT2D eigenvalue weighted by Gasteiger charge is -2.22. The fraction of sp³-hybridized carbons (Fsp3) is 0.333. The van der Waals surface area contributed by atoms with E-state index >= 15 is 0 Å². The smallest absolute Gasteiger partial charge is 0.258 e. The Hall–Kier alpha value is -2.84. The first-order valence-electron chi connectivity index (χ1n) is 10.7. The molecule has 0 radical (unpaired) electrons. The molecule has 1 amide bonds. The van der Waals surface area contributed by atoms with Gasteiger partial charge in [0, 0.05) is 23.2 Å². The van der Waals surface area contributed by atoms with Crippen LogP contribution in [0.5, 0.6) is 5.75 Å². The number of hydrogen-bond donors (Lipinski definition) is 1. The molecular formula is C24H26BrN3O4. The molecule has 1 atom stereocenters. The average Bonchev–Trinajstić information content (AvgIpc) is 3.31. The summed E-state index contributed by atoms with van der Waals surface area (Å²) < 4.78 is 12.2. The Bertz CT molecular complexity index is 999. The lowest BCUT2D eigenvalue weighted by molar-refractivity contribution is -0.124. The molecule has 3 aromatic rings. The number of amides is 1. The minimum absolute atomic E-state index is 0.0232. The maximum absolute atomic E-state index is 12.0. The van der Waals surface area contributed by atoms with Crippen molar-refractivity contribution >= 4 is 21.8 Å². The van der Waals surface area contributed by atoms with E-state index in [1.807, 2.05) is 54.6 Å². The molecule has 1 aromatic heterocycles. The number of ether oxygens (including phenoxy) is 2. The van der Waals surface area contributed by atoms with Crippen molar-refractivity contribution in [3.8, 4) is 17.0 Å². The topological polar surface area (TPSA) is 74.6 Å². The Morgan fingerprint density at radius 1 is 1.12 bits per heavy atom. The molecule has 1 aliphatic rings. The van der Waals surface area contributed by atoms with Crippen LogP contribution in [-0.2, 0) is 16.1 Å². The number of hydrogen-bond acceptors (Lipinski definition) is 5. The largest absolute Gasteiger partial charge is 0.484 e. The zero-order chi connectivity index (χ0) is 22.2. The van der Waals surface area contributed by atoms with Gasteiger partial charge in [-0.25, -0.2) is 0 Å². The molecule has 0 aliphatic carbocycles. The maximum atomic E-state index is 12.0. The van der Waals surface area contributed by atoms with Crippen LogP contribution >= 0.6 is 15.9 Å². The molecule has 1 aliphatic heterocycles. The van der Waals surface area contributed by atoms with Crippen LogP contribution in [0, 0.1) is 0 Å². The number of halogens is 1. The Morgan fingerprint density at radius 3 is 2.69 bits per heavy atom. The standard InChI is InChI=1S/C24H26BrN3O4/c25-20-8-4-18(5-9-20)16-32-28-13-12-23(27-28)19-6-10-21(11-7-19)31-17-24(29)26-15-22-3-1-2-14-30-22/h4-13,22H,1-3,14-17H2,(H,26,29). The van der Waals surface area contributed by atoms with Crippen LogP contribution < -0.4 is 14.9 Å². The van der Waals surface area contributed by atoms with Gasteiger partial charge in [-0.15, -0.1) is 9.94 Å². The van der Waals surface area contributed by atoms with Crippen molar-refractivity contribution in [1.29, 1.82) is 0 Å². The first-order chi connectivity index (χ1) is 15.7. The highest BCUT2D eigenvalue weighted by Gasteiger charge is 2.14. The predicted molar refractivity (Wildman–Crippen MR) is 124 cm³/mol. The van der Waals surface area contributed by atoms with E-state index in [-0.39, 0.29) is 18.6 Å². The van der Waals surface area contributed by atoms with Crippen molar-refractivity contribution in [2.45, 2.75) is 32.0 Å². The van der Waals surface area contributed by atoms with Gasteiger partial charge in [-0.2, -0.15) is 0 Å². The van der Waals surface area contributed by atoms with E-state index in [9.17, 15) is 4.79 Å². The van der Waals surface area contributed by atoms with Crippen molar-refractivity contribution in [2.24, 2.45) is 0 Å². The highest BCUT2D eigenvalue weighted by Crippen LogP contribution is 2.21. The molecule has 1 N–H and O–H groups in total. The molecule has 0 bridgehead atoms. The van der Waals surface area contributed by atoms with Crippen molar-refractivity contribution in [1.82, 2.24) is 15.3 Å². The highest BCUT2D eigenvalue weighted by atomic mass is 79.9. The monoisotopic (exact) mass is 499 g/mol. The van der Waals surface area contributed by atoms with Crippen molar-refractivity contribution in [3.05, 3.63) is 70.8 Å². The Morgan fingerprint density at radius 2 is 1.94 bits per heavy atom. The highest BCUT2D eigenvalue weighted by molar-refractivity contribution is 9.10. The zero-order valence-corrected chi connectivity index (χ0v) is 19.3. The van der Waals surface area contributed by atoms with Gasteiger partial charge >= 0.3 is 0 Å². The van der Waals surface area contributed by atoms with Crippen LogP contribution in [0.4, 0.5) is 0 Å². The number of nitrogens with one attached hydrogen (secondary N) is 1. The summed E-state index contributed by atoms with van der Waals surface area (Å²) in [5.74, 6) is 0.480. The molecule has 1 unspecified atom stereocenters. The number of aromatic nitrogens is 2. The summed E-state index contributed by atoms with van der Waals surface area (Å²) in [6.07, 6.45) is 5.14. The number of rotatable bonds is 9. The van der Waals surface area contributed by atoms with E-state index in [1.165, 1.54) is 4.85 Å². The molecule has 0 saturated carbocycles. The lowest BCUT2D eigenvalue weighted by Crippen LogP contribution is -2.37. The van der Waals surface area contributed by atoms with E-state index in [4.69, 9.17) is 14.3 Å². The van der Waals surface area contributed by atoms with Crippen LogP contribution in [0.2, 0.25) is 0 Å². The minimum atomic E-state index is -0.148. The molecule has 1 fully saturated rings. The minimum Gasteiger partial charge on any atom is -0.484 e. The molecule has 0 spiro atoms. The van der Waals surface area contributed by atoms with E-state index in [0.29, 0.717) is 18.9 Å². The summed E-state index contributed by atoms with van der Waals surface area (Å²) in [5, 5.41) is 7.33. The third-order valence-corrected chi connectivity index (χ3v) is 5.69. The second-order valence-corrected chi connectivity index (χ2v) is 8.52. The van der Waals surface area contributed by atoms with Crippen LogP contribution in [0.3, 0.4) is 0 Å². The van der Waals surface area contributed by atoms with Gasteiger partial charge in [0.1, 0.15) is 12.4 Å². The Balaban J connectivity index is 1.22. The third-order valence-electron chi connectivity index (χ3n) is 5.16. The molecule has 4 rings (SSSR count). The van der Waals surface area contributed by atoms with Gasteiger partial charge in [0.05, 0.1) is 18.0 Å². The van der Waals surface area contributed by atoms with Gasteiger partial charge in [-0.1, -0.05) is 28.1 Å². The molecule has 168 valence electrons. The van der Waals surface area contributed by atoms with E-state index in [1.54, 1.807) is 6.20 Å². The van der Waals surface area contributed by atoms with Crippen LogP contribution in [0.25, 0.3) is 11.3 Å².